The van der Waals surface area contributed by atoms with Crippen molar-refractivity contribution in [3.05, 3.63) is 42.5 Å². The van der Waals surface area contributed by atoms with Crippen LogP contribution in [0.3, 0.4) is 0 Å². The highest BCUT2D eigenvalue weighted by atomic mass is 32.2. The molecule has 7 nitrogen and oxygen atoms in total. The quantitative estimate of drug-likeness (QED) is 0.666. The molecule has 0 saturated heterocycles. The minimum atomic E-state index is -3.50. The third-order valence-corrected chi connectivity index (χ3v) is 2.37. The van der Waals surface area contributed by atoms with Gasteiger partial charge in [-0.1, -0.05) is 18.2 Å². The first-order valence-corrected chi connectivity index (χ1v) is 6.00. The van der Waals surface area contributed by atoms with E-state index in [1.165, 1.54) is 12.1 Å². The molecule has 0 unspecified atom stereocenters. The molecule has 0 aliphatic carbocycles. The van der Waals surface area contributed by atoms with Crippen LogP contribution >= 0.6 is 0 Å². The lowest BCUT2D eigenvalue weighted by atomic mass is 10.4. The molecule has 0 fully saturated rings. The standard InChI is InChI=1S/C6H7NO2S.C4H4O4/c7-10(8,9)6-4-2-1-3-5-6;5-3(6)1-2-4(7)8/h1-5H,(H2,7,8,9);1-2H,(H,5,6)(H,7,8)/b;2-1+. The summed E-state index contributed by atoms with van der Waals surface area (Å²) < 4.78 is 21.2. The Morgan fingerprint density at radius 1 is 1.00 bits per heavy atom. The van der Waals surface area contributed by atoms with Gasteiger partial charge in [0.15, 0.2) is 0 Å². The average molecular weight is 273 g/mol. The number of carboxylic acids is 2. The highest BCUT2D eigenvalue weighted by Gasteiger charge is 2.03. The van der Waals surface area contributed by atoms with Crippen LogP contribution in [0.15, 0.2) is 47.4 Å². The normalized spacial score (nSPS) is 10.5. The Balaban J connectivity index is 0.000000331. The predicted molar refractivity (Wildman–Crippen MR) is 62.2 cm³/mol. The Labute approximate surface area is 103 Å². The van der Waals surface area contributed by atoms with Crippen LogP contribution < -0.4 is 5.14 Å². The highest BCUT2D eigenvalue weighted by Crippen LogP contribution is 2.02. The van der Waals surface area contributed by atoms with Crippen molar-refractivity contribution in [2.75, 3.05) is 0 Å². The van der Waals surface area contributed by atoms with E-state index in [0.717, 1.165) is 0 Å². The first kappa shape index (κ1) is 15.8. The molecule has 0 bridgehead atoms. The lowest BCUT2D eigenvalue weighted by molar-refractivity contribution is -0.134. The third kappa shape index (κ3) is 8.02. The maximum atomic E-state index is 10.6. The molecule has 0 atom stereocenters. The third-order valence-electron chi connectivity index (χ3n) is 1.44. The van der Waals surface area contributed by atoms with Crippen molar-refractivity contribution in [2.45, 2.75) is 4.90 Å². The Morgan fingerprint density at radius 3 is 1.61 bits per heavy atom. The van der Waals surface area contributed by atoms with Gasteiger partial charge in [-0.05, 0) is 12.1 Å². The average Bonchev–Trinajstić information content (AvgIpc) is 2.27. The van der Waals surface area contributed by atoms with E-state index in [-0.39, 0.29) is 4.90 Å². The van der Waals surface area contributed by atoms with E-state index in [1.807, 2.05) is 0 Å². The zero-order chi connectivity index (χ0) is 14.2. The molecule has 0 saturated carbocycles. The van der Waals surface area contributed by atoms with Crippen molar-refractivity contribution in [1.29, 1.82) is 0 Å². The molecule has 0 aromatic heterocycles. The van der Waals surface area contributed by atoms with Crippen LogP contribution in [0.5, 0.6) is 0 Å². The number of hydrogen-bond donors (Lipinski definition) is 3. The molecule has 1 aromatic rings. The van der Waals surface area contributed by atoms with Crippen LogP contribution in [0.2, 0.25) is 0 Å². The van der Waals surface area contributed by atoms with Crippen molar-refractivity contribution < 1.29 is 28.2 Å². The molecule has 8 heteroatoms. The molecule has 18 heavy (non-hydrogen) atoms. The first-order chi connectivity index (χ1) is 8.23. The molecule has 0 aliphatic heterocycles. The van der Waals surface area contributed by atoms with E-state index in [1.54, 1.807) is 18.2 Å². The van der Waals surface area contributed by atoms with Crippen LogP contribution in [0, 0.1) is 0 Å². The first-order valence-electron chi connectivity index (χ1n) is 4.45. The van der Waals surface area contributed by atoms with Gasteiger partial charge in [0.05, 0.1) is 4.90 Å². The van der Waals surface area contributed by atoms with Crippen molar-refractivity contribution in [1.82, 2.24) is 0 Å². The monoisotopic (exact) mass is 273 g/mol. The molecule has 0 amide bonds. The summed E-state index contributed by atoms with van der Waals surface area (Å²) in [5.41, 5.74) is 0. The van der Waals surface area contributed by atoms with Gasteiger partial charge in [-0.15, -0.1) is 0 Å². The molecular weight excluding hydrogens is 262 g/mol. The number of aliphatic carboxylic acids is 2. The maximum absolute atomic E-state index is 10.6. The van der Waals surface area contributed by atoms with Crippen LogP contribution in [0.4, 0.5) is 0 Å². The van der Waals surface area contributed by atoms with E-state index in [9.17, 15) is 18.0 Å². The summed E-state index contributed by atoms with van der Waals surface area (Å²) in [5, 5.41) is 20.5. The number of sulfonamides is 1. The van der Waals surface area contributed by atoms with Gasteiger partial charge in [-0.2, -0.15) is 0 Å². The summed E-state index contributed by atoms with van der Waals surface area (Å²) in [5.74, 6) is -2.51. The van der Waals surface area contributed by atoms with Crippen LogP contribution in [0.1, 0.15) is 0 Å². The number of hydrogen-bond acceptors (Lipinski definition) is 4. The van der Waals surface area contributed by atoms with E-state index >= 15 is 0 Å². The summed E-state index contributed by atoms with van der Waals surface area (Å²) in [6, 6.07) is 7.89. The second-order valence-electron chi connectivity index (χ2n) is 2.87. The summed E-state index contributed by atoms with van der Waals surface area (Å²) in [6.07, 6.45) is 1.12. The summed E-state index contributed by atoms with van der Waals surface area (Å²) in [6.45, 7) is 0. The van der Waals surface area contributed by atoms with Crippen molar-refractivity contribution >= 4 is 22.0 Å². The molecule has 0 radical (unpaired) electrons. The van der Waals surface area contributed by atoms with E-state index in [2.05, 4.69) is 0 Å². The van der Waals surface area contributed by atoms with E-state index < -0.39 is 22.0 Å². The Bertz CT molecular complexity index is 519. The fourth-order valence-electron chi connectivity index (χ4n) is 0.753. The van der Waals surface area contributed by atoms with Gasteiger partial charge in [0.1, 0.15) is 0 Å². The van der Waals surface area contributed by atoms with Gasteiger partial charge in [-0.3, -0.25) is 0 Å². The van der Waals surface area contributed by atoms with E-state index in [0.29, 0.717) is 12.2 Å². The summed E-state index contributed by atoms with van der Waals surface area (Å²) in [7, 11) is -3.50. The minimum absolute atomic E-state index is 0.148. The van der Waals surface area contributed by atoms with Crippen molar-refractivity contribution in [3.8, 4) is 0 Å². The second kappa shape index (κ2) is 7.20. The molecule has 0 heterocycles. The van der Waals surface area contributed by atoms with Crippen molar-refractivity contribution in [2.24, 2.45) is 5.14 Å². The number of carboxylic acid groups (broad SMARTS) is 2. The maximum Gasteiger partial charge on any atom is 0.328 e. The zero-order valence-corrected chi connectivity index (χ0v) is 9.87. The summed E-state index contributed by atoms with van der Waals surface area (Å²) in [4.78, 5) is 19.3. The van der Waals surface area contributed by atoms with Crippen LogP contribution in [0.25, 0.3) is 0 Å². The number of benzene rings is 1. The van der Waals surface area contributed by atoms with Gasteiger partial charge < -0.3 is 10.2 Å². The fraction of sp³-hybridized carbons (Fsp3) is 0. The SMILES string of the molecule is NS(=O)(=O)c1ccccc1.O=C(O)/C=C/C(=O)O. The molecule has 0 aliphatic rings. The molecule has 98 valence electrons. The van der Waals surface area contributed by atoms with Gasteiger partial charge in [0.2, 0.25) is 10.0 Å². The smallest absolute Gasteiger partial charge is 0.328 e. The molecule has 1 rings (SSSR count). The van der Waals surface area contributed by atoms with Crippen molar-refractivity contribution in [3.63, 3.8) is 0 Å². The number of carbonyl (C=O) groups is 2. The number of rotatable bonds is 3. The van der Waals surface area contributed by atoms with Crippen LogP contribution in [-0.2, 0) is 19.6 Å². The fourth-order valence-corrected chi connectivity index (χ4v) is 1.29. The lowest BCUT2D eigenvalue weighted by Crippen LogP contribution is -2.11. The largest absolute Gasteiger partial charge is 0.478 e. The molecule has 0 spiro atoms. The number of primary sulfonamides is 1. The Morgan fingerprint density at radius 2 is 1.39 bits per heavy atom. The summed E-state index contributed by atoms with van der Waals surface area (Å²) >= 11 is 0. The zero-order valence-electron chi connectivity index (χ0n) is 9.05. The predicted octanol–water partition coefficient (Wildman–Crippen LogP) is 0.0458. The lowest BCUT2D eigenvalue weighted by Gasteiger charge is -1.93. The molecule has 4 N–H and O–H groups in total. The minimum Gasteiger partial charge on any atom is -0.478 e. The van der Waals surface area contributed by atoms with Crippen LogP contribution in [-0.4, -0.2) is 30.6 Å². The van der Waals surface area contributed by atoms with Gasteiger partial charge in [-0.25, -0.2) is 23.1 Å². The van der Waals surface area contributed by atoms with Gasteiger partial charge in [0.25, 0.3) is 0 Å². The van der Waals surface area contributed by atoms with E-state index in [4.69, 9.17) is 15.4 Å². The van der Waals surface area contributed by atoms with Gasteiger partial charge in [0, 0.05) is 12.2 Å². The Hall–Kier alpha value is -2.19. The number of nitrogens with two attached hydrogens (primary N) is 1. The highest BCUT2D eigenvalue weighted by molar-refractivity contribution is 7.89. The topological polar surface area (TPSA) is 135 Å². The second-order valence-corrected chi connectivity index (χ2v) is 4.43. The molecule has 1 aromatic carbocycles. The van der Waals surface area contributed by atoms with Gasteiger partial charge >= 0.3 is 11.9 Å². The Kier molecular flexibility index (Phi) is 6.32. The molecular formula is C10H11NO6S.